The lowest BCUT2D eigenvalue weighted by atomic mass is 10.00. The summed E-state index contributed by atoms with van der Waals surface area (Å²) in [4.78, 5) is 8.23. The number of aromatic nitrogens is 2. The summed E-state index contributed by atoms with van der Waals surface area (Å²) in [6.07, 6.45) is 1.93. The largest absolute Gasteiger partial charge is 0.413 e. The number of halogens is 6. The second-order valence-electron chi connectivity index (χ2n) is 11.3. The SMILES string of the molecule is C#Cc1cnc2c(C#N)cc(N[C@H](C3=CN(C4(C(F)(F)F)CC4)NN3)c3ccc(F)nc3C)cc2c1NCC1(C(F)F)CC1. The molecule has 3 heterocycles. The quantitative estimate of drug-likeness (QED) is 0.137. The summed E-state index contributed by atoms with van der Waals surface area (Å²) in [5.41, 5.74) is 4.59. The molecule has 1 aromatic carbocycles. The van der Waals surface area contributed by atoms with Crippen molar-refractivity contribution in [2.24, 2.45) is 5.41 Å². The first-order chi connectivity index (χ1) is 20.9. The molecule has 2 aromatic heterocycles. The van der Waals surface area contributed by atoms with E-state index in [9.17, 15) is 31.6 Å². The van der Waals surface area contributed by atoms with Gasteiger partial charge in [0.05, 0.1) is 34.1 Å². The normalized spacial score (nSPS) is 18.7. The van der Waals surface area contributed by atoms with Crippen LogP contribution in [0.3, 0.4) is 0 Å². The van der Waals surface area contributed by atoms with Gasteiger partial charge in [0.25, 0.3) is 0 Å². The fourth-order valence-electron chi connectivity index (χ4n) is 5.49. The van der Waals surface area contributed by atoms with E-state index >= 15 is 0 Å². The lowest BCUT2D eigenvalue weighted by molar-refractivity contribution is -0.195. The molecule has 2 fully saturated rings. The summed E-state index contributed by atoms with van der Waals surface area (Å²) >= 11 is 0. The molecule has 0 amide bonds. The lowest BCUT2D eigenvalue weighted by Crippen LogP contribution is -2.52. The van der Waals surface area contributed by atoms with Crippen molar-refractivity contribution < 1.29 is 26.3 Å². The number of benzene rings is 1. The van der Waals surface area contributed by atoms with E-state index in [1.807, 2.05) is 0 Å². The van der Waals surface area contributed by atoms with Crippen LogP contribution in [0.4, 0.5) is 37.7 Å². The Morgan fingerprint density at radius 1 is 1.16 bits per heavy atom. The zero-order valence-corrected chi connectivity index (χ0v) is 23.3. The minimum Gasteiger partial charge on any atom is -0.383 e. The molecule has 3 aliphatic rings. The number of alkyl halides is 5. The topological polar surface area (TPSA) is 101 Å². The average Bonchev–Trinajstić information content (AvgIpc) is 3.91. The van der Waals surface area contributed by atoms with Gasteiger partial charge in [-0.2, -0.15) is 22.8 Å². The Kier molecular flexibility index (Phi) is 7.00. The van der Waals surface area contributed by atoms with Gasteiger partial charge in [-0.1, -0.05) is 12.0 Å². The van der Waals surface area contributed by atoms with Gasteiger partial charge in [0.15, 0.2) is 5.54 Å². The molecular weight excluding hydrogens is 586 g/mol. The summed E-state index contributed by atoms with van der Waals surface area (Å²) in [6.45, 7) is 1.52. The maximum Gasteiger partial charge on any atom is 0.413 e. The van der Waals surface area contributed by atoms with Crippen molar-refractivity contribution in [2.75, 3.05) is 17.2 Å². The minimum atomic E-state index is -4.49. The van der Waals surface area contributed by atoms with Crippen molar-refractivity contribution in [1.29, 1.82) is 5.26 Å². The van der Waals surface area contributed by atoms with E-state index < -0.39 is 35.5 Å². The monoisotopic (exact) mass is 612 g/mol. The van der Waals surface area contributed by atoms with E-state index in [0.717, 1.165) is 11.1 Å². The number of nitriles is 1. The second kappa shape index (κ2) is 10.5. The van der Waals surface area contributed by atoms with Crippen molar-refractivity contribution in [1.82, 2.24) is 25.9 Å². The van der Waals surface area contributed by atoms with Crippen molar-refractivity contribution in [2.45, 2.75) is 56.8 Å². The zero-order valence-electron chi connectivity index (χ0n) is 23.3. The molecule has 0 unspecified atom stereocenters. The summed E-state index contributed by atoms with van der Waals surface area (Å²) in [5.74, 6) is 1.78. The van der Waals surface area contributed by atoms with Gasteiger partial charge in [-0.05, 0) is 50.8 Å². The minimum absolute atomic E-state index is 0.0413. The number of hydrazine groups is 2. The average molecular weight is 613 g/mol. The highest BCUT2D eigenvalue weighted by atomic mass is 19.4. The van der Waals surface area contributed by atoms with Gasteiger partial charge < -0.3 is 16.1 Å². The van der Waals surface area contributed by atoms with Crippen LogP contribution in [0.5, 0.6) is 0 Å². The number of aryl methyl sites for hydroxylation is 1. The van der Waals surface area contributed by atoms with Gasteiger partial charge in [-0.15, -0.1) is 12.0 Å². The molecule has 14 heteroatoms. The van der Waals surface area contributed by atoms with Crippen molar-refractivity contribution in [3.63, 3.8) is 0 Å². The van der Waals surface area contributed by atoms with Crippen LogP contribution < -0.4 is 21.6 Å². The first kappa shape index (κ1) is 29.4. The first-order valence-electron chi connectivity index (χ1n) is 13.8. The van der Waals surface area contributed by atoms with Crippen LogP contribution in [-0.2, 0) is 0 Å². The number of hydrogen-bond donors (Lipinski definition) is 4. The number of rotatable bonds is 9. The second-order valence-corrected chi connectivity index (χ2v) is 11.3. The van der Waals surface area contributed by atoms with Crippen molar-refractivity contribution in [3.8, 4) is 18.4 Å². The molecule has 2 aliphatic carbocycles. The predicted octanol–water partition coefficient (Wildman–Crippen LogP) is 5.80. The third-order valence-electron chi connectivity index (χ3n) is 8.55. The number of terminal acetylenes is 1. The highest BCUT2D eigenvalue weighted by Crippen LogP contribution is 2.54. The molecule has 3 aromatic rings. The van der Waals surface area contributed by atoms with Gasteiger partial charge in [0.2, 0.25) is 12.4 Å². The molecule has 2 saturated carbocycles. The molecule has 1 atom stereocenters. The van der Waals surface area contributed by atoms with E-state index in [-0.39, 0.29) is 41.9 Å². The predicted molar refractivity (Wildman–Crippen MR) is 150 cm³/mol. The lowest BCUT2D eigenvalue weighted by Gasteiger charge is -2.28. The molecule has 6 rings (SSSR count). The Labute approximate surface area is 248 Å². The highest BCUT2D eigenvalue weighted by Gasteiger charge is 2.67. The van der Waals surface area contributed by atoms with Crippen LogP contribution in [0.1, 0.15) is 54.1 Å². The molecule has 8 nitrogen and oxygen atoms in total. The van der Waals surface area contributed by atoms with Crippen LogP contribution in [0.25, 0.3) is 10.9 Å². The molecule has 1 aliphatic heterocycles. The van der Waals surface area contributed by atoms with E-state index in [4.69, 9.17) is 6.42 Å². The van der Waals surface area contributed by atoms with E-state index in [1.165, 1.54) is 24.5 Å². The summed E-state index contributed by atoms with van der Waals surface area (Å²) in [5, 5.41) is 17.7. The smallest absolute Gasteiger partial charge is 0.383 e. The Balaban J connectivity index is 1.42. The van der Waals surface area contributed by atoms with Crippen LogP contribution in [0, 0.1) is 42.0 Å². The summed E-state index contributed by atoms with van der Waals surface area (Å²) < 4.78 is 82.9. The fraction of sp³-hybridized carbons (Fsp3) is 0.367. The fourth-order valence-corrected chi connectivity index (χ4v) is 5.49. The van der Waals surface area contributed by atoms with Crippen molar-refractivity contribution in [3.05, 3.63) is 70.7 Å². The Bertz CT molecular complexity index is 1750. The Morgan fingerprint density at radius 2 is 1.91 bits per heavy atom. The number of nitrogens with one attached hydrogen (secondary N) is 4. The summed E-state index contributed by atoms with van der Waals surface area (Å²) in [7, 11) is 0. The maximum absolute atomic E-state index is 14.0. The molecule has 228 valence electrons. The number of pyridine rings is 2. The standard InChI is InChI=1S/C30H26F6N8/c1-3-17-13-38-25-18(12-37)10-19(11-21(25)24(17)39-15-28(6-7-28)27(32)33)41-26(20-4-5-23(31)40-16(20)2)22-14-44(43-42-22)29(8-9-29)30(34,35)36/h1,4-5,10-11,13-14,26-27,41-43H,6-9,15H2,2H3,(H,38,39)/t26-/m0/s1. The number of fused-ring (bicyclic) bond motifs is 1. The number of anilines is 2. The highest BCUT2D eigenvalue weighted by molar-refractivity contribution is 5.99. The van der Waals surface area contributed by atoms with Gasteiger partial charge in [-0.25, -0.2) is 13.8 Å². The van der Waals surface area contributed by atoms with Crippen LogP contribution in [-0.4, -0.2) is 39.7 Å². The molecule has 0 bridgehead atoms. The van der Waals surface area contributed by atoms with Crippen LogP contribution in [0.2, 0.25) is 0 Å². The van der Waals surface area contributed by atoms with Gasteiger partial charge in [-0.3, -0.25) is 9.99 Å². The molecular formula is C30H26F6N8. The third kappa shape index (κ3) is 4.99. The first-order valence-corrected chi connectivity index (χ1v) is 13.8. The Hall–Kier alpha value is -4.69. The van der Waals surface area contributed by atoms with Gasteiger partial charge in [0, 0.05) is 46.7 Å². The zero-order chi connectivity index (χ0) is 31.4. The molecule has 4 N–H and O–H groups in total. The number of nitrogens with zero attached hydrogens (tertiary/aromatic N) is 4. The Morgan fingerprint density at radius 3 is 2.50 bits per heavy atom. The molecule has 0 spiro atoms. The van der Waals surface area contributed by atoms with E-state index in [2.05, 4.69) is 43.6 Å². The van der Waals surface area contributed by atoms with Gasteiger partial charge in [0.1, 0.15) is 6.07 Å². The maximum atomic E-state index is 14.0. The summed E-state index contributed by atoms with van der Waals surface area (Å²) in [6, 6.07) is 6.95. The van der Waals surface area contributed by atoms with Crippen LogP contribution >= 0.6 is 0 Å². The molecule has 0 saturated heterocycles. The number of hydrogen-bond acceptors (Lipinski definition) is 8. The van der Waals surface area contributed by atoms with E-state index in [0.29, 0.717) is 40.7 Å². The third-order valence-corrected chi connectivity index (χ3v) is 8.55. The van der Waals surface area contributed by atoms with Gasteiger partial charge >= 0.3 is 6.18 Å². The van der Waals surface area contributed by atoms with E-state index in [1.54, 1.807) is 13.0 Å². The molecule has 0 radical (unpaired) electrons. The van der Waals surface area contributed by atoms with Crippen molar-refractivity contribution >= 4 is 22.3 Å². The van der Waals surface area contributed by atoms with Crippen LogP contribution in [0.15, 0.2) is 42.4 Å². The molecule has 44 heavy (non-hydrogen) atoms.